The SMILES string of the molecule is CC[C@H](C)NC(=O)Cc1cccc(C(F)(F)F)c1. The molecule has 0 unspecified atom stereocenters. The molecule has 0 radical (unpaired) electrons. The molecule has 0 aliphatic rings. The first-order chi connectivity index (χ1) is 8.32. The van der Waals surface area contributed by atoms with Gasteiger partial charge < -0.3 is 5.32 Å². The molecule has 1 amide bonds. The standard InChI is InChI=1S/C13H16F3NO/c1-3-9(2)17-12(18)8-10-5-4-6-11(7-10)13(14,15)16/h4-7,9H,3,8H2,1-2H3,(H,17,18)/t9-/m0/s1. The quantitative estimate of drug-likeness (QED) is 0.884. The van der Waals surface area contributed by atoms with E-state index in [2.05, 4.69) is 5.32 Å². The maximum absolute atomic E-state index is 12.5. The molecule has 100 valence electrons. The summed E-state index contributed by atoms with van der Waals surface area (Å²) in [4.78, 5) is 11.6. The number of benzene rings is 1. The predicted octanol–water partition coefficient (Wildman–Crippen LogP) is 3.16. The second-order valence-electron chi connectivity index (χ2n) is 4.25. The third-order valence-electron chi connectivity index (χ3n) is 2.64. The predicted molar refractivity (Wildman–Crippen MR) is 63.0 cm³/mol. The molecule has 18 heavy (non-hydrogen) atoms. The van der Waals surface area contributed by atoms with Crippen molar-refractivity contribution >= 4 is 5.91 Å². The zero-order valence-corrected chi connectivity index (χ0v) is 10.3. The van der Waals surface area contributed by atoms with Gasteiger partial charge in [-0.25, -0.2) is 0 Å². The summed E-state index contributed by atoms with van der Waals surface area (Å²) in [6, 6.07) is 4.87. The zero-order chi connectivity index (χ0) is 13.8. The highest BCUT2D eigenvalue weighted by Crippen LogP contribution is 2.29. The smallest absolute Gasteiger partial charge is 0.353 e. The van der Waals surface area contributed by atoms with Gasteiger partial charge in [0.1, 0.15) is 0 Å². The molecule has 0 aromatic heterocycles. The summed E-state index contributed by atoms with van der Waals surface area (Å²) in [7, 11) is 0. The van der Waals surface area contributed by atoms with Crippen LogP contribution >= 0.6 is 0 Å². The van der Waals surface area contributed by atoms with Gasteiger partial charge >= 0.3 is 6.18 Å². The molecule has 0 saturated carbocycles. The van der Waals surface area contributed by atoms with Gasteiger partial charge in [-0.05, 0) is 25.0 Å². The minimum absolute atomic E-state index is 0.0308. The maximum Gasteiger partial charge on any atom is 0.416 e. The molecule has 0 fully saturated rings. The lowest BCUT2D eigenvalue weighted by Gasteiger charge is -2.12. The third-order valence-corrected chi connectivity index (χ3v) is 2.64. The number of halogens is 3. The first kappa shape index (κ1) is 14.5. The van der Waals surface area contributed by atoms with Gasteiger partial charge in [0.25, 0.3) is 0 Å². The highest BCUT2D eigenvalue weighted by molar-refractivity contribution is 5.78. The molecule has 0 aliphatic carbocycles. The van der Waals surface area contributed by atoms with E-state index in [4.69, 9.17) is 0 Å². The largest absolute Gasteiger partial charge is 0.416 e. The Morgan fingerprint density at radius 2 is 2.06 bits per heavy atom. The Kier molecular flexibility index (Phi) is 4.76. The topological polar surface area (TPSA) is 29.1 Å². The lowest BCUT2D eigenvalue weighted by atomic mass is 10.1. The molecule has 1 rings (SSSR count). The van der Waals surface area contributed by atoms with Crippen LogP contribution in [0.5, 0.6) is 0 Å². The fourth-order valence-electron chi connectivity index (χ4n) is 1.47. The summed E-state index contributed by atoms with van der Waals surface area (Å²) in [6.07, 6.45) is -3.62. The van der Waals surface area contributed by atoms with Crippen molar-refractivity contribution in [2.45, 2.75) is 38.9 Å². The van der Waals surface area contributed by atoms with Crippen molar-refractivity contribution in [3.63, 3.8) is 0 Å². The van der Waals surface area contributed by atoms with Crippen LogP contribution in [0, 0.1) is 0 Å². The molecule has 2 nitrogen and oxygen atoms in total. The molecule has 0 heterocycles. The van der Waals surface area contributed by atoms with Gasteiger partial charge in [-0.2, -0.15) is 13.2 Å². The summed E-state index contributed by atoms with van der Waals surface area (Å²) in [5.41, 5.74) is -0.359. The van der Waals surface area contributed by atoms with Crippen LogP contribution in [0.4, 0.5) is 13.2 Å². The normalized spacial score (nSPS) is 13.2. The lowest BCUT2D eigenvalue weighted by molar-refractivity contribution is -0.137. The lowest BCUT2D eigenvalue weighted by Crippen LogP contribution is -2.33. The summed E-state index contributed by atoms with van der Waals surface area (Å²) in [5.74, 6) is -0.260. The Balaban J connectivity index is 2.71. The van der Waals surface area contributed by atoms with Crippen molar-refractivity contribution < 1.29 is 18.0 Å². The summed E-state index contributed by atoms with van der Waals surface area (Å²) >= 11 is 0. The first-order valence-electron chi connectivity index (χ1n) is 5.78. The number of carbonyl (C=O) groups is 1. The van der Waals surface area contributed by atoms with Crippen LogP contribution < -0.4 is 5.32 Å². The second kappa shape index (κ2) is 5.89. The van der Waals surface area contributed by atoms with Crippen molar-refractivity contribution in [2.24, 2.45) is 0 Å². The van der Waals surface area contributed by atoms with Crippen LogP contribution in [0.1, 0.15) is 31.4 Å². The van der Waals surface area contributed by atoms with Gasteiger partial charge in [0.2, 0.25) is 5.91 Å². The van der Waals surface area contributed by atoms with E-state index in [0.717, 1.165) is 18.6 Å². The Bertz CT molecular complexity index is 415. The second-order valence-corrected chi connectivity index (χ2v) is 4.25. The fourth-order valence-corrected chi connectivity index (χ4v) is 1.47. The Labute approximate surface area is 104 Å². The third kappa shape index (κ3) is 4.39. The minimum atomic E-state index is -4.37. The molecule has 0 aliphatic heterocycles. The highest BCUT2D eigenvalue weighted by Gasteiger charge is 2.30. The number of alkyl halides is 3. The molecule has 1 aromatic carbocycles. The van der Waals surface area contributed by atoms with Gasteiger partial charge in [-0.15, -0.1) is 0 Å². The molecular weight excluding hydrogens is 243 g/mol. The van der Waals surface area contributed by atoms with Crippen molar-refractivity contribution in [1.82, 2.24) is 5.32 Å². The monoisotopic (exact) mass is 259 g/mol. The van der Waals surface area contributed by atoms with E-state index in [0.29, 0.717) is 5.56 Å². The van der Waals surface area contributed by atoms with Crippen LogP contribution in [-0.2, 0) is 17.4 Å². The van der Waals surface area contributed by atoms with Crippen molar-refractivity contribution in [1.29, 1.82) is 0 Å². The number of nitrogens with one attached hydrogen (secondary N) is 1. The first-order valence-corrected chi connectivity index (χ1v) is 5.78. The van der Waals surface area contributed by atoms with Gasteiger partial charge in [0.05, 0.1) is 12.0 Å². The molecule has 0 saturated heterocycles. The Morgan fingerprint density at radius 1 is 1.39 bits per heavy atom. The minimum Gasteiger partial charge on any atom is -0.353 e. The maximum atomic E-state index is 12.5. The van der Waals surface area contributed by atoms with Gasteiger partial charge in [-0.3, -0.25) is 4.79 Å². The summed E-state index contributed by atoms with van der Waals surface area (Å²) < 4.78 is 37.4. The Morgan fingerprint density at radius 3 is 2.61 bits per heavy atom. The number of rotatable bonds is 4. The highest BCUT2D eigenvalue weighted by atomic mass is 19.4. The average Bonchev–Trinajstić information content (AvgIpc) is 2.27. The van der Waals surface area contributed by atoms with Gasteiger partial charge in [0, 0.05) is 6.04 Å². The zero-order valence-electron chi connectivity index (χ0n) is 10.3. The van der Waals surface area contributed by atoms with E-state index in [-0.39, 0.29) is 18.4 Å². The van der Waals surface area contributed by atoms with Crippen LogP contribution in [-0.4, -0.2) is 11.9 Å². The molecule has 5 heteroatoms. The molecule has 1 atom stereocenters. The van der Waals surface area contributed by atoms with E-state index in [1.807, 2.05) is 13.8 Å². The molecular formula is C13H16F3NO. The van der Waals surface area contributed by atoms with E-state index < -0.39 is 11.7 Å². The van der Waals surface area contributed by atoms with Crippen LogP contribution in [0.3, 0.4) is 0 Å². The summed E-state index contributed by atoms with van der Waals surface area (Å²) in [6.45, 7) is 3.78. The van der Waals surface area contributed by atoms with E-state index in [9.17, 15) is 18.0 Å². The molecule has 1 N–H and O–H groups in total. The molecule has 1 aromatic rings. The average molecular weight is 259 g/mol. The number of carbonyl (C=O) groups excluding carboxylic acids is 1. The molecule has 0 spiro atoms. The number of amides is 1. The van der Waals surface area contributed by atoms with Crippen LogP contribution in [0.15, 0.2) is 24.3 Å². The number of hydrogen-bond acceptors (Lipinski definition) is 1. The fraction of sp³-hybridized carbons (Fsp3) is 0.462. The molecule has 0 bridgehead atoms. The van der Waals surface area contributed by atoms with Gasteiger partial charge in [0.15, 0.2) is 0 Å². The summed E-state index contributed by atoms with van der Waals surface area (Å²) in [5, 5.41) is 2.72. The van der Waals surface area contributed by atoms with Crippen molar-refractivity contribution in [3.05, 3.63) is 35.4 Å². The van der Waals surface area contributed by atoms with E-state index in [1.54, 1.807) is 0 Å². The number of hydrogen-bond donors (Lipinski definition) is 1. The van der Waals surface area contributed by atoms with Crippen LogP contribution in [0.25, 0.3) is 0 Å². The Hall–Kier alpha value is -1.52. The van der Waals surface area contributed by atoms with E-state index >= 15 is 0 Å². The van der Waals surface area contributed by atoms with Crippen molar-refractivity contribution in [3.8, 4) is 0 Å². The van der Waals surface area contributed by atoms with E-state index in [1.165, 1.54) is 12.1 Å². The van der Waals surface area contributed by atoms with Crippen molar-refractivity contribution in [2.75, 3.05) is 0 Å². The van der Waals surface area contributed by atoms with Crippen LogP contribution in [0.2, 0.25) is 0 Å². The van der Waals surface area contributed by atoms with Gasteiger partial charge in [-0.1, -0.05) is 25.1 Å².